The van der Waals surface area contributed by atoms with Crippen LogP contribution in [0.5, 0.6) is 5.75 Å². The van der Waals surface area contributed by atoms with Crippen molar-refractivity contribution < 1.29 is 9.53 Å². The van der Waals surface area contributed by atoms with Crippen LogP contribution in [0.4, 0.5) is 5.69 Å². The average molecular weight is 559 g/mol. The van der Waals surface area contributed by atoms with Crippen molar-refractivity contribution in [2.24, 2.45) is 0 Å². The minimum atomic E-state index is -0.353. The molecule has 0 unspecified atom stereocenters. The number of carbonyl (C=O) groups is 1. The normalized spacial score (nSPS) is 14.5. The molecule has 0 radical (unpaired) electrons. The highest BCUT2D eigenvalue weighted by Gasteiger charge is 2.34. The molecule has 1 aliphatic heterocycles. The standard InChI is InChI=1S/C27H19BrN4O3S/c1-15-3-5-16(6-4-15)14-31-21-12-9-18(28)13-20(21)22(25(31)33)23-26(34)32-27(36-23)29-24(30-32)17-7-10-19(35-2)11-8-17/h3-13H,14H2,1-2H3/b23-22-. The Kier molecular flexibility index (Phi) is 5.46. The zero-order chi connectivity index (χ0) is 25.0. The summed E-state index contributed by atoms with van der Waals surface area (Å²) in [6, 6.07) is 21.1. The average Bonchev–Trinajstić information content (AvgIpc) is 3.51. The van der Waals surface area contributed by atoms with Crippen molar-refractivity contribution in [3.63, 3.8) is 0 Å². The molecule has 3 aromatic carbocycles. The van der Waals surface area contributed by atoms with Crippen molar-refractivity contribution in [1.82, 2.24) is 14.6 Å². The lowest BCUT2D eigenvalue weighted by atomic mass is 10.1. The lowest BCUT2D eigenvalue weighted by molar-refractivity contribution is -0.113. The quantitative estimate of drug-likeness (QED) is 0.327. The van der Waals surface area contributed by atoms with Gasteiger partial charge in [0.1, 0.15) is 10.3 Å². The van der Waals surface area contributed by atoms with Gasteiger partial charge in [-0.15, -0.1) is 5.10 Å². The maximum Gasteiger partial charge on any atom is 0.291 e. The number of rotatable bonds is 4. The molecule has 1 aliphatic rings. The van der Waals surface area contributed by atoms with Crippen LogP contribution < -0.4 is 19.7 Å². The Morgan fingerprint density at radius 2 is 1.75 bits per heavy atom. The van der Waals surface area contributed by atoms with Crippen LogP contribution in [0, 0.1) is 6.92 Å². The molecule has 6 rings (SSSR count). The number of nitrogens with zero attached hydrogens (tertiary/aromatic N) is 4. The van der Waals surface area contributed by atoms with Gasteiger partial charge in [0.25, 0.3) is 11.5 Å². The van der Waals surface area contributed by atoms with Gasteiger partial charge in [0.05, 0.1) is 24.9 Å². The molecule has 2 aromatic heterocycles. The van der Waals surface area contributed by atoms with E-state index in [0.717, 1.165) is 38.2 Å². The number of amides is 1. The first kappa shape index (κ1) is 22.6. The molecule has 7 nitrogen and oxygen atoms in total. The molecule has 36 heavy (non-hydrogen) atoms. The SMILES string of the molecule is COc1ccc(-c2nc3s/c(=C4\C(=O)N(Cc5ccc(C)cc5)c5ccc(Br)cc54)c(=O)n3n2)cc1. The van der Waals surface area contributed by atoms with Crippen molar-refractivity contribution in [1.29, 1.82) is 0 Å². The van der Waals surface area contributed by atoms with Crippen LogP contribution in [-0.4, -0.2) is 27.6 Å². The maximum absolute atomic E-state index is 13.7. The highest BCUT2D eigenvalue weighted by molar-refractivity contribution is 9.10. The van der Waals surface area contributed by atoms with E-state index in [4.69, 9.17) is 4.74 Å². The summed E-state index contributed by atoms with van der Waals surface area (Å²) in [5.41, 5.74) is 4.46. The van der Waals surface area contributed by atoms with Gasteiger partial charge in [-0.3, -0.25) is 9.59 Å². The van der Waals surface area contributed by atoms with Crippen molar-refractivity contribution in [2.75, 3.05) is 12.0 Å². The second kappa shape index (κ2) is 8.69. The molecule has 0 N–H and O–H groups in total. The van der Waals surface area contributed by atoms with Gasteiger partial charge in [-0.1, -0.05) is 57.1 Å². The minimum absolute atomic E-state index is 0.208. The van der Waals surface area contributed by atoms with E-state index in [2.05, 4.69) is 26.0 Å². The van der Waals surface area contributed by atoms with E-state index in [1.54, 1.807) is 12.0 Å². The topological polar surface area (TPSA) is 76.8 Å². The smallest absolute Gasteiger partial charge is 0.291 e. The summed E-state index contributed by atoms with van der Waals surface area (Å²) in [5, 5.41) is 4.44. The summed E-state index contributed by atoms with van der Waals surface area (Å²) < 4.78 is 7.65. The molecule has 0 bridgehead atoms. The Bertz CT molecular complexity index is 1760. The van der Waals surface area contributed by atoms with Crippen LogP contribution in [0.3, 0.4) is 0 Å². The number of anilines is 1. The molecule has 0 fully saturated rings. The molecule has 3 heterocycles. The van der Waals surface area contributed by atoms with E-state index in [9.17, 15) is 9.59 Å². The van der Waals surface area contributed by atoms with Gasteiger partial charge in [-0.05, 0) is 55.0 Å². The van der Waals surface area contributed by atoms with Crippen molar-refractivity contribution >= 4 is 49.4 Å². The van der Waals surface area contributed by atoms with E-state index < -0.39 is 0 Å². The molecule has 0 saturated carbocycles. The molecule has 1 amide bonds. The maximum atomic E-state index is 13.7. The third-order valence-corrected chi connectivity index (χ3v) is 7.69. The number of thiazole rings is 1. The summed E-state index contributed by atoms with van der Waals surface area (Å²) in [5.74, 6) is 0.961. The van der Waals surface area contributed by atoms with Gasteiger partial charge in [0, 0.05) is 15.6 Å². The first-order valence-corrected chi connectivity index (χ1v) is 12.8. The molecule has 9 heteroatoms. The van der Waals surface area contributed by atoms with Gasteiger partial charge >= 0.3 is 0 Å². The number of methoxy groups -OCH3 is 1. The van der Waals surface area contributed by atoms with E-state index in [1.165, 1.54) is 15.9 Å². The van der Waals surface area contributed by atoms with Crippen LogP contribution in [0.15, 0.2) is 76.0 Å². The van der Waals surface area contributed by atoms with E-state index in [0.29, 0.717) is 27.4 Å². The molecule has 0 atom stereocenters. The largest absolute Gasteiger partial charge is 0.497 e. The van der Waals surface area contributed by atoms with Gasteiger partial charge in [-0.25, -0.2) is 0 Å². The van der Waals surface area contributed by atoms with Crippen molar-refractivity contribution in [3.05, 3.63) is 103 Å². The van der Waals surface area contributed by atoms with E-state index in [-0.39, 0.29) is 11.5 Å². The Labute approximate surface area is 218 Å². The van der Waals surface area contributed by atoms with Crippen LogP contribution in [0.25, 0.3) is 21.9 Å². The third-order valence-electron chi connectivity index (χ3n) is 6.17. The van der Waals surface area contributed by atoms with Gasteiger partial charge < -0.3 is 9.64 Å². The van der Waals surface area contributed by atoms with Crippen LogP contribution >= 0.6 is 27.3 Å². The van der Waals surface area contributed by atoms with Crippen molar-refractivity contribution in [3.8, 4) is 17.1 Å². The fourth-order valence-electron chi connectivity index (χ4n) is 4.30. The summed E-state index contributed by atoms with van der Waals surface area (Å²) >= 11 is 4.69. The summed E-state index contributed by atoms with van der Waals surface area (Å²) in [6.07, 6.45) is 0. The van der Waals surface area contributed by atoms with Crippen LogP contribution in [-0.2, 0) is 11.3 Å². The Hall–Kier alpha value is -3.82. The zero-order valence-electron chi connectivity index (χ0n) is 19.4. The number of carbonyl (C=O) groups excluding carboxylic acids is 1. The Morgan fingerprint density at radius 3 is 2.44 bits per heavy atom. The fourth-order valence-corrected chi connectivity index (χ4v) is 5.66. The van der Waals surface area contributed by atoms with E-state index >= 15 is 0 Å². The predicted octanol–water partition coefficient (Wildman–Crippen LogP) is 4.36. The lowest BCUT2D eigenvalue weighted by Gasteiger charge is -2.17. The number of benzene rings is 3. The number of ether oxygens (including phenoxy) is 1. The minimum Gasteiger partial charge on any atom is -0.497 e. The van der Waals surface area contributed by atoms with Gasteiger partial charge in [0.15, 0.2) is 5.82 Å². The number of hydrogen-bond donors (Lipinski definition) is 0. The molecule has 0 spiro atoms. The summed E-state index contributed by atoms with van der Waals surface area (Å²) in [6.45, 7) is 2.44. The first-order valence-electron chi connectivity index (χ1n) is 11.2. The highest BCUT2D eigenvalue weighted by Crippen LogP contribution is 2.38. The molecular formula is C27H19BrN4O3S. The second-order valence-electron chi connectivity index (χ2n) is 8.51. The summed E-state index contributed by atoms with van der Waals surface area (Å²) in [7, 11) is 1.60. The number of fused-ring (bicyclic) bond motifs is 2. The monoisotopic (exact) mass is 558 g/mol. The van der Waals surface area contributed by atoms with Gasteiger partial charge in [-0.2, -0.15) is 9.50 Å². The molecular weight excluding hydrogens is 540 g/mol. The molecule has 0 saturated heterocycles. The zero-order valence-corrected chi connectivity index (χ0v) is 21.8. The van der Waals surface area contributed by atoms with E-state index in [1.807, 2.05) is 73.7 Å². The summed E-state index contributed by atoms with van der Waals surface area (Å²) in [4.78, 5) is 33.9. The lowest BCUT2D eigenvalue weighted by Crippen LogP contribution is -2.32. The first-order chi connectivity index (χ1) is 17.4. The third kappa shape index (κ3) is 3.71. The Morgan fingerprint density at radius 1 is 1.00 bits per heavy atom. The highest BCUT2D eigenvalue weighted by atomic mass is 79.9. The van der Waals surface area contributed by atoms with Gasteiger partial charge in [0.2, 0.25) is 4.96 Å². The Balaban J connectivity index is 1.48. The number of aryl methyl sites for hydroxylation is 1. The molecule has 178 valence electrons. The molecule has 5 aromatic rings. The van der Waals surface area contributed by atoms with Crippen LogP contribution in [0.1, 0.15) is 16.7 Å². The number of hydrogen-bond acceptors (Lipinski definition) is 6. The number of halogens is 1. The van der Waals surface area contributed by atoms with Crippen molar-refractivity contribution in [2.45, 2.75) is 13.5 Å². The predicted molar refractivity (Wildman–Crippen MR) is 143 cm³/mol. The fraction of sp³-hybridized carbons (Fsp3) is 0.111. The second-order valence-corrected chi connectivity index (χ2v) is 10.4. The number of aromatic nitrogens is 3. The molecule has 0 aliphatic carbocycles. The van der Waals surface area contributed by atoms with Crippen LogP contribution in [0.2, 0.25) is 0 Å².